The van der Waals surface area contributed by atoms with Crippen LogP contribution in [0.15, 0.2) is 0 Å². The van der Waals surface area contributed by atoms with E-state index in [1.54, 1.807) is 13.8 Å². The maximum Gasteiger partial charge on any atom is 0.311 e. The first-order valence-corrected chi connectivity index (χ1v) is 16.8. The average molecular weight is 663 g/mol. The van der Waals surface area contributed by atoms with Gasteiger partial charge in [0.05, 0.1) is 48.6 Å². The Morgan fingerprint density at radius 3 is 1.13 bits per heavy atom. The van der Waals surface area contributed by atoms with Crippen LogP contribution >= 0.6 is 0 Å². The Morgan fingerprint density at radius 2 is 0.870 bits per heavy atom. The second kappa shape index (κ2) is 26.4. The quantitative estimate of drug-likeness (QED) is 0.0914. The van der Waals surface area contributed by atoms with Crippen molar-refractivity contribution in [2.45, 2.75) is 155 Å². The van der Waals surface area contributed by atoms with Gasteiger partial charge < -0.3 is 24.1 Å². The molecule has 0 saturated carbocycles. The summed E-state index contributed by atoms with van der Waals surface area (Å²) < 4.78 is 19.7. The number of esters is 4. The summed E-state index contributed by atoms with van der Waals surface area (Å²) in [5.74, 6) is -1.36. The maximum absolute atomic E-state index is 11.6. The Hall–Kier alpha value is -2.65. The van der Waals surface area contributed by atoms with E-state index in [2.05, 4.69) is 11.7 Å². The van der Waals surface area contributed by atoms with Crippen molar-refractivity contribution in [2.75, 3.05) is 26.9 Å². The number of carbonyl (C=O) groups excluding carboxylic acids is 4. The van der Waals surface area contributed by atoms with Crippen molar-refractivity contribution < 1.29 is 48.0 Å². The normalized spacial score (nSPS) is 11.2. The summed E-state index contributed by atoms with van der Waals surface area (Å²) in [6.45, 7) is 27.8. The Morgan fingerprint density at radius 1 is 0.500 bits per heavy atom. The lowest BCUT2D eigenvalue weighted by Gasteiger charge is -2.20. The van der Waals surface area contributed by atoms with E-state index < -0.39 is 16.8 Å². The Balaban J connectivity index is -0.000000268. The molecular formula is C36H70O10. The molecule has 0 rings (SSSR count). The smallest absolute Gasteiger partial charge is 0.311 e. The lowest BCUT2D eigenvalue weighted by atomic mass is 9.91. The first-order chi connectivity index (χ1) is 21.0. The molecule has 274 valence electrons. The van der Waals surface area contributed by atoms with Crippen LogP contribution in [0.5, 0.6) is 0 Å². The summed E-state index contributed by atoms with van der Waals surface area (Å²) in [5, 5.41) is 8.44. The zero-order valence-electron chi connectivity index (χ0n) is 32.1. The molecule has 0 aromatic heterocycles. The van der Waals surface area contributed by atoms with Crippen LogP contribution in [0.25, 0.3) is 0 Å². The highest BCUT2D eigenvalue weighted by atomic mass is 16.5. The van der Waals surface area contributed by atoms with E-state index in [1.165, 1.54) is 7.11 Å². The Labute approximate surface area is 281 Å². The first-order valence-electron chi connectivity index (χ1n) is 16.8. The summed E-state index contributed by atoms with van der Waals surface area (Å²) in [5.41, 5.74) is -1.61. The molecule has 0 aliphatic heterocycles. The van der Waals surface area contributed by atoms with Gasteiger partial charge in [0.2, 0.25) is 0 Å². The maximum atomic E-state index is 11.6. The van der Waals surface area contributed by atoms with Gasteiger partial charge in [-0.3, -0.25) is 24.0 Å². The van der Waals surface area contributed by atoms with Gasteiger partial charge in [-0.1, -0.05) is 48.0 Å². The molecule has 0 unspecified atom stereocenters. The van der Waals surface area contributed by atoms with Crippen molar-refractivity contribution in [3.05, 3.63) is 0 Å². The highest BCUT2D eigenvalue weighted by molar-refractivity contribution is 5.76. The van der Waals surface area contributed by atoms with Gasteiger partial charge in [-0.25, -0.2) is 0 Å². The minimum Gasteiger partial charge on any atom is -0.481 e. The number of unbranched alkanes of at least 4 members (excludes halogenated alkanes) is 1. The molecule has 0 aliphatic carbocycles. The van der Waals surface area contributed by atoms with Gasteiger partial charge in [-0.2, -0.15) is 0 Å². The van der Waals surface area contributed by atoms with E-state index in [0.29, 0.717) is 32.5 Å². The number of aliphatic carboxylic acids is 1. The molecule has 0 atom stereocenters. The minimum atomic E-state index is -0.722. The van der Waals surface area contributed by atoms with Gasteiger partial charge in [0.25, 0.3) is 0 Å². The Kier molecular flexibility index (Phi) is 28.8. The van der Waals surface area contributed by atoms with Crippen LogP contribution in [0, 0.1) is 21.7 Å². The van der Waals surface area contributed by atoms with E-state index in [0.717, 1.165) is 38.5 Å². The molecule has 10 heteroatoms. The summed E-state index contributed by atoms with van der Waals surface area (Å²) in [7, 11) is 1.42. The molecule has 1 N–H and O–H groups in total. The van der Waals surface area contributed by atoms with Crippen molar-refractivity contribution in [1.29, 1.82) is 0 Å². The molecule has 0 amide bonds. The van der Waals surface area contributed by atoms with Gasteiger partial charge in [0.1, 0.15) is 0 Å². The fourth-order valence-corrected chi connectivity index (χ4v) is 2.23. The molecule has 0 saturated heterocycles. The van der Waals surface area contributed by atoms with Crippen molar-refractivity contribution in [3.8, 4) is 0 Å². The van der Waals surface area contributed by atoms with Gasteiger partial charge >= 0.3 is 29.8 Å². The standard InChI is InChI=1S/C13H24O4.C10H20O2.C7H14O2.C6H12O2/c1-5-9-16-11(14)8-7-10-17-12(15)13(3,4)6-2;1-5-7-8-12-9(11)10(3,4)6-2;1-5-7(2,3)6(8)9-4;1-4-6(2,3)5(7)8/h5-10H2,1-4H3;5-8H2,1-4H3;5H2,1-4H3;4H2,1-3H3,(H,7,8). The lowest BCUT2D eigenvalue weighted by molar-refractivity contribution is -0.155. The van der Waals surface area contributed by atoms with Crippen LogP contribution in [0.1, 0.15) is 155 Å². The molecule has 0 bridgehead atoms. The molecule has 0 aromatic rings. The number of methoxy groups -OCH3 is 1. The monoisotopic (exact) mass is 662 g/mol. The number of hydrogen-bond acceptors (Lipinski definition) is 9. The fourth-order valence-electron chi connectivity index (χ4n) is 2.23. The predicted molar refractivity (Wildman–Crippen MR) is 183 cm³/mol. The number of ether oxygens (including phenoxy) is 4. The second-order valence-electron chi connectivity index (χ2n) is 13.7. The lowest BCUT2D eigenvalue weighted by Crippen LogP contribution is -2.26. The number of carbonyl (C=O) groups is 5. The van der Waals surface area contributed by atoms with E-state index in [4.69, 9.17) is 19.3 Å². The summed E-state index contributed by atoms with van der Waals surface area (Å²) in [4.78, 5) is 55.2. The van der Waals surface area contributed by atoms with Crippen LogP contribution in [0.3, 0.4) is 0 Å². The topological polar surface area (TPSA) is 143 Å². The molecule has 0 fully saturated rings. The number of carboxylic acid groups (broad SMARTS) is 1. The zero-order chi connectivity index (χ0) is 37.2. The van der Waals surface area contributed by atoms with Gasteiger partial charge in [-0.15, -0.1) is 0 Å². The molecular weight excluding hydrogens is 592 g/mol. The Bertz CT molecular complexity index is 857. The molecule has 0 spiro atoms. The molecule has 10 nitrogen and oxygen atoms in total. The van der Waals surface area contributed by atoms with Crippen LogP contribution < -0.4 is 0 Å². The largest absolute Gasteiger partial charge is 0.481 e. The summed E-state index contributed by atoms with van der Waals surface area (Å²) in [6, 6.07) is 0. The minimum absolute atomic E-state index is 0.0709. The van der Waals surface area contributed by atoms with Crippen molar-refractivity contribution in [3.63, 3.8) is 0 Å². The van der Waals surface area contributed by atoms with Gasteiger partial charge in [-0.05, 0) is 100 Å². The fraction of sp³-hybridized carbons (Fsp3) is 0.861. The zero-order valence-corrected chi connectivity index (χ0v) is 32.1. The molecule has 0 radical (unpaired) electrons. The third kappa shape index (κ3) is 25.5. The summed E-state index contributed by atoms with van der Waals surface area (Å²) in [6.07, 6.45) is 6.76. The van der Waals surface area contributed by atoms with Crippen LogP contribution in [0.4, 0.5) is 0 Å². The summed E-state index contributed by atoms with van der Waals surface area (Å²) >= 11 is 0. The van der Waals surface area contributed by atoms with Crippen molar-refractivity contribution in [1.82, 2.24) is 0 Å². The highest BCUT2D eigenvalue weighted by Gasteiger charge is 2.28. The van der Waals surface area contributed by atoms with Crippen LogP contribution in [-0.4, -0.2) is 61.9 Å². The SMILES string of the molecule is CCC(C)(C)C(=O)O.CCC(C)(C)C(=O)OC.CCCCOC(=O)C(C)(C)CC.CCCOC(=O)CCCOC(=O)C(C)(C)CC. The van der Waals surface area contributed by atoms with Crippen molar-refractivity contribution in [2.24, 2.45) is 21.7 Å². The molecule has 0 aromatic carbocycles. The van der Waals surface area contributed by atoms with Crippen molar-refractivity contribution >= 4 is 29.8 Å². The average Bonchev–Trinajstić information content (AvgIpc) is 3.02. The third-order valence-electron chi connectivity index (χ3n) is 7.91. The van der Waals surface area contributed by atoms with E-state index in [-0.39, 0.29) is 41.3 Å². The number of carboxylic acids is 1. The van der Waals surface area contributed by atoms with E-state index in [9.17, 15) is 24.0 Å². The highest BCUT2D eigenvalue weighted by Crippen LogP contribution is 2.23. The molecule has 46 heavy (non-hydrogen) atoms. The molecule has 0 heterocycles. The second-order valence-corrected chi connectivity index (χ2v) is 13.7. The van der Waals surface area contributed by atoms with Gasteiger partial charge in [0, 0.05) is 6.42 Å². The number of rotatable bonds is 17. The molecule has 0 aliphatic rings. The number of hydrogen-bond donors (Lipinski definition) is 1. The van der Waals surface area contributed by atoms with Gasteiger partial charge in [0.15, 0.2) is 0 Å². The van der Waals surface area contributed by atoms with E-state index in [1.807, 2.05) is 76.2 Å². The first kappa shape index (κ1) is 50.2. The van der Waals surface area contributed by atoms with E-state index >= 15 is 0 Å². The predicted octanol–water partition coefficient (Wildman–Crippen LogP) is 8.57. The van der Waals surface area contributed by atoms with Crippen LogP contribution in [0.2, 0.25) is 0 Å². The third-order valence-corrected chi connectivity index (χ3v) is 7.91. The van der Waals surface area contributed by atoms with Crippen LogP contribution in [-0.2, 0) is 42.9 Å².